The van der Waals surface area contributed by atoms with Crippen molar-refractivity contribution in [1.29, 1.82) is 0 Å². The smallest absolute Gasteiger partial charge is 0.322 e. The topological polar surface area (TPSA) is 61.4 Å². The fourth-order valence-electron chi connectivity index (χ4n) is 2.47. The summed E-state index contributed by atoms with van der Waals surface area (Å²) in [6, 6.07) is 4.89. The molecular formula is C17H22ClN3O2. The number of amides is 3. The van der Waals surface area contributed by atoms with Crippen LogP contribution in [-0.2, 0) is 0 Å². The first kappa shape index (κ1) is 17.3. The van der Waals surface area contributed by atoms with Crippen molar-refractivity contribution in [2.45, 2.75) is 39.3 Å². The zero-order valence-corrected chi connectivity index (χ0v) is 14.4. The molecule has 1 atom stereocenters. The summed E-state index contributed by atoms with van der Waals surface area (Å²) in [5.74, 6) is -0.224. The van der Waals surface area contributed by atoms with E-state index in [0.29, 0.717) is 22.8 Å². The van der Waals surface area contributed by atoms with E-state index in [0.717, 1.165) is 6.42 Å². The lowest BCUT2D eigenvalue weighted by molar-refractivity contribution is 0.0943. The minimum Gasteiger partial charge on any atom is -0.350 e. The molecule has 1 aromatic carbocycles. The molecule has 6 heteroatoms. The van der Waals surface area contributed by atoms with Gasteiger partial charge in [-0.05, 0) is 38.5 Å². The summed E-state index contributed by atoms with van der Waals surface area (Å²) in [5.41, 5.74) is 0.968. The van der Waals surface area contributed by atoms with Crippen LogP contribution in [0.25, 0.3) is 0 Å². The summed E-state index contributed by atoms with van der Waals surface area (Å²) in [5, 5.41) is 5.93. The molecule has 5 nitrogen and oxygen atoms in total. The first-order valence-corrected chi connectivity index (χ1v) is 8.14. The van der Waals surface area contributed by atoms with Crippen molar-refractivity contribution in [2.75, 3.05) is 11.9 Å². The number of hydrogen-bond donors (Lipinski definition) is 2. The Labute approximate surface area is 141 Å². The fourth-order valence-corrected chi connectivity index (χ4v) is 2.74. The Morgan fingerprint density at radius 1 is 1.39 bits per heavy atom. The van der Waals surface area contributed by atoms with E-state index in [1.165, 1.54) is 0 Å². The van der Waals surface area contributed by atoms with Crippen molar-refractivity contribution in [2.24, 2.45) is 0 Å². The fraction of sp³-hybridized carbons (Fsp3) is 0.412. The van der Waals surface area contributed by atoms with Crippen LogP contribution in [0.3, 0.4) is 0 Å². The Bertz CT molecular complexity index is 628. The first-order chi connectivity index (χ1) is 10.9. The average molecular weight is 336 g/mol. The molecule has 0 aliphatic carbocycles. The van der Waals surface area contributed by atoms with Crippen LogP contribution < -0.4 is 10.6 Å². The van der Waals surface area contributed by atoms with Crippen molar-refractivity contribution >= 4 is 29.2 Å². The van der Waals surface area contributed by atoms with E-state index in [2.05, 4.69) is 10.6 Å². The quantitative estimate of drug-likeness (QED) is 0.825. The predicted molar refractivity (Wildman–Crippen MR) is 93.0 cm³/mol. The van der Waals surface area contributed by atoms with Crippen LogP contribution in [0.5, 0.6) is 0 Å². The molecule has 0 aromatic heterocycles. The lowest BCUT2D eigenvalue weighted by atomic mass is 10.2. The van der Waals surface area contributed by atoms with Crippen LogP contribution in [0.2, 0.25) is 5.02 Å². The van der Waals surface area contributed by atoms with Crippen LogP contribution in [0, 0.1) is 0 Å². The molecule has 0 saturated heterocycles. The molecule has 3 amide bonds. The summed E-state index contributed by atoms with van der Waals surface area (Å²) in [7, 11) is 0. The van der Waals surface area contributed by atoms with E-state index in [-0.39, 0.29) is 24.0 Å². The van der Waals surface area contributed by atoms with Crippen LogP contribution in [0.4, 0.5) is 10.5 Å². The van der Waals surface area contributed by atoms with Gasteiger partial charge in [-0.1, -0.05) is 30.7 Å². The molecule has 2 N–H and O–H groups in total. The van der Waals surface area contributed by atoms with Gasteiger partial charge in [-0.15, -0.1) is 0 Å². The molecule has 0 bridgehead atoms. The number of benzene rings is 1. The molecule has 1 aliphatic heterocycles. The lowest BCUT2D eigenvalue weighted by Crippen LogP contribution is -2.38. The average Bonchev–Trinajstić information content (AvgIpc) is 2.95. The van der Waals surface area contributed by atoms with Crippen LogP contribution in [0.1, 0.15) is 37.6 Å². The second-order valence-corrected chi connectivity index (χ2v) is 6.22. The zero-order valence-electron chi connectivity index (χ0n) is 13.6. The van der Waals surface area contributed by atoms with Gasteiger partial charge in [0.1, 0.15) is 0 Å². The number of nitrogens with one attached hydrogen (secondary N) is 2. The third-order valence-electron chi connectivity index (χ3n) is 3.62. The van der Waals surface area contributed by atoms with Crippen LogP contribution in [-0.4, -0.2) is 35.5 Å². The number of hydrogen-bond acceptors (Lipinski definition) is 2. The molecule has 0 unspecified atom stereocenters. The highest BCUT2D eigenvalue weighted by Crippen LogP contribution is 2.22. The first-order valence-electron chi connectivity index (χ1n) is 7.77. The molecule has 0 spiro atoms. The van der Waals surface area contributed by atoms with Gasteiger partial charge in [-0.3, -0.25) is 4.79 Å². The third kappa shape index (κ3) is 4.26. The summed E-state index contributed by atoms with van der Waals surface area (Å²) in [6.45, 7) is 6.41. The van der Waals surface area contributed by atoms with Crippen LogP contribution in [0.15, 0.2) is 30.4 Å². The Hall–Kier alpha value is -2.01. The number of halogens is 1. The maximum Gasteiger partial charge on any atom is 0.322 e. The maximum absolute atomic E-state index is 12.3. The molecule has 0 fully saturated rings. The van der Waals surface area contributed by atoms with E-state index in [9.17, 15) is 9.59 Å². The highest BCUT2D eigenvalue weighted by atomic mass is 35.5. The summed E-state index contributed by atoms with van der Waals surface area (Å²) in [4.78, 5) is 26.1. The van der Waals surface area contributed by atoms with Gasteiger partial charge in [0.15, 0.2) is 0 Å². The SMILES string of the molecule is CC[C@H]1C=CCN1C(=O)Nc1ccc(C(=O)NC(C)C)c(Cl)c1. The highest BCUT2D eigenvalue weighted by Gasteiger charge is 2.23. The molecule has 23 heavy (non-hydrogen) atoms. The van der Waals surface area contributed by atoms with E-state index >= 15 is 0 Å². The van der Waals surface area contributed by atoms with Gasteiger partial charge < -0.3 is 15.5 Å². The molecule has 0 saturated carbocycles. The van der Waals surface area contributed by atoms with Crippen molar-refractivity contribution in [1.82, 2.24) is 10.2 Å². The number of carbonyl (C=O) groups excluding carboxylic acids is 2. The number of anilines is 1. The minimum atomic E-state index is -0.224. The predicted octanol–water partition coefficient (Wildman–Crippen LogP) is 3.66. The number of rotatable bonds is 4. The Morgan fingerprint density at radius 2 is 2.13 bits per heavy atom. The Kier molecular flexibility index (Phi) is 5.66. The second kappa shape index (κ2) is 7.51. The summed E-state index contributed by atoms with van der Waals surface area (Å²) in [6.07, 6.45) is 4.89. The Morgan fingerprint density at radius 3 is 2.74 bits per heavy atom. The van der Waals surface area contributed by atoms with Crippen LogP contribution >= 0.6 is 11.6 Å². The van der Waals surface area contributed by atoms with Gasteiger partial charge in [0, 0.05) is 18.3 Å². The summed E-state index contributed by atoms with van der Waals surface area (Å²) < 4.78 is 0. The van der Waals surface area contributed by atoms with Gasteiger partial charge >= 0.3 is 6.03 Å². The number of nitrogens with zero attached hydrogens (tertiary/aromatic N) is 1. The van der Waals surface area contributed by atoms with Gasteiger partial charge in [-0.25, -0.2) is 4.79 Å². The zero-order chi connectivity index (χ0) is 17.0. The van der Waals surface area contributed by atoms with Gasteiger partial charge in [0.2, 0.25) is 0 Å². The van der Waals surface area contributed by atoms with Gasteiger partial charge in [-0.2, -0.15) is 0 Å². The third-order valence-corrected chi connectivity index (χ3v) is 3.94. The van der Waals surface area contributed by atoms with E-state index < -0.39 is 0 Å². The standard InChI is InChI=1S/C17H22ClN3O2/c1-4-13-6-5-9-21(13)17(23)20-12-7-8-14(15(18)10-12)16(22)19-11(2)3/h5-8,10-11,13H,4,9H2,1-3H3,(H,19,22)(H,20,23)/t13-/m0/s1. The van der Waals surface area contributed by atoms with Crippen molar-refractivity contribution in [3.63, 3.8) is 0 Å². The number of carbonyl (C=O) groups is 2. The van der Waals surface area contributed by atoms with E-state index in [1.807, 2.05) is 32.9 Å². The molecule has 124 valence electrons. The van der Waals surface area contributed by atoms with Gasteiger partial charge in [0.25, 0.3) is 5.91 Å². The lowest BCUT2D eigenvalue weighted by Gasteiger charge is -2.24. The largest absolute Gasteiger partial charge is 0.350 e. The monoisotopic (exact) mass is 335 g/mol. The summed E-state index contributed by atoms with van der Waals surface area (Å²) >= 11 is 6.17. The molecular weight excluding hydrogens is 314 g/mol. The minimum absolute atomic E-state index is 0.0339. The van der Waals surface area contributed by atoms with E-state index in [4.69, 9.17) is 11.6 Å². The van der Waals surface area contributed by atoms with Crippen molar-refractivity contribution < 1.29 is 9.59 Å². The molecule has 1 aromatic rings. The van der Waals surface area contributed by atoms with Gasteiger partial charge in [0.05, 0.1) is 16.6 Å². The molecule has 1 aliphatic rings. The molecule has 2 rings (SSSR count). The molecule has 1 heterocycles. The normalized spacial score (nSPS) is 16.7. The molecule has 0 radical (unpaired) electrons. The maximum atomic E-state index is 12.3. The van der Waals surface area contributed by atoms with E-state index in [1.54, 1.807) is 23.1 Å². The highest BCUT2D eigenvalue weighted by molar-refractivity contribution is 6.34. The number of urea groups is 1. The van der Waals surface area contributed by atoms with Crippen molar-refractivity contribution in [3.05, 3.63) is 40.9 Å². The second-order valence-electron chi connectivity index (χ2n) is 5.81. The Balaban J connectivity index is 2.06. The van der Waals surface area contributed by atoms with Crippen molar-refractivity contribution in [3.8, 4) is 0 Å².